The van der Waals surface area contributed by atoms with Gasteiger partial charge in [-0.15, -0.1) is 0 Å². The molecule has 3 aromatic carbocycles. The number of sulfonamides is 1. The van der Waals surface area contributed by atoms with Gasteiger partial charge in [-0.1, -0.05) is 96.5 Å². The van der Waals surface area contributed by atoms with Gasteiger partial charge in [0.15, 0.2) is 5.69 Å². The molecule has 0 radical (unpaired) electrons. The Balaban J connectivity index is 2.46. The van der Waals surface area contributed by atoms with Crippen molar-refractivity contribution in [2.45, 2.75) is 56.5 Å². The second-order valence-electron chi connectivity index (χ2n) is 9.26. The molecule has 0 heterocycles. The molecule has 0 N–H and O–H groups in total. The Morgan fingerprint density at radius 3 is 1.84 bits per heavy atom. The zero-order valence-corrected chi connectivity index (χ0v) is 28.1. The fraction of sp³-hybridized carbons (Fsp3) is 0.357. The Morgan fingerprint density at radius 1 is 0.737 bits per heavy atom. The third kappa shape index (κ3) is 6.44. The second-order valence-corrected chi connectivity index (χ2v) is 14.5. The molecule has 3 nitrogen and oxygen atoms in total. The van der Waals surface area contributed by atoms with Crippen LogP contribution >= 0.6 is 78.3 Å². The molecule has 3 aromatic rings. The minimum atomic E-state index is -4.16. The molecule has 0 aromatic heterocycles. The van der Waals surface area contributed by atoms with Gasteiger partial charge in [0, 0.05) is 55.8 Å². The zero-order valence-electron chi connectivity index (χ0n) is 21.1. The predicted octanol–water partition coefficient (Wildman–Crippen LogP) is 10.8. The number of hydrogen-bond acceptors (Lipinski definition) is 2. The predicted molar refractivity (Wildman–Crippen MR) is 172 cm³/mol. The first-order valence-corrected chi connectivity index (χ1v) is 17.5. The van der Waals surface area contributed by atoms with Gasteiger partial charge in [-0.25, -0.2) is 0 Å². The molecular formula is C28H30Br2Cl4NO2S+. The lowest BCUT2D eigenvalue weighted by molar-refractivity contribution is 0.250. The zero-order chi connectivity index (χ0) is 28.1. The molecule has 3 rings (SSSR count). The van der Waals surface area contributed by atoms with Crippen molar-refractivity contribution in [1.82, 2.24) is 3.89 Å². The summed E-state index contributed by atoms with van der Waals surface area (Å²) >= 11 is 33.3. The van der Waals surface area contributed by atoms with E-state index in [1.165, 1.54) is 0 Å². The summed E-state index contributed by atoms with van der Waals surface area (Å²) in [7, 11) is -4.16. The van der Waals surface area contributed by atoms with Gasteiger partial charge in [-0.3, -0.25) is 0 Å². The van der Waals surface area contributed by atoms with Gasteiger partial charge in [-0.05, 0) is 63.1 Å². The molecule has 0 fully saturated rings. The van der Waals surface area contributed by atoms with Gasteiger partial charge in [0.25, 0.3) is 0 Å². The van der Waals surface area contributed by atoms with Crippen LogP contribution in [0.25, 0.3) is 11.1 Å². The SMILES string of the molecule is C[C@H](CCCBr)[N+](c1cc(Cl)ccc1Cl)([C@H](C)CCCBr)S(=O)(=O)c1ccccc1-c1cc(Cl)ccc1Cl. The van der Waals surface area contributed by atoms with Crippen molar-refractivity contribution in [2.24, 2.45) is 0 Å². The Bertz CT molecular complexity index is 1360. The maximum atomic E-state index is 15.3. The van der Waals surface area contributed by atoms with E-state index >= 15 is 8.42 Å². The van der Waals surface area contributed by atoms with Gasteiger partial charge >= 0.3 is 10.0 Å². The number of benzene rings is 3. The average Bonchev–Trinajstić information content (AvgIpc) is 2.89. The quantitative estimate of drug-likeness (QED) is 0.137. The van der Waals surface area contributed by atoms with E-state index < -0.39 is 10.0 Å². The summed E-state index contributed by atoms with van der Waals surface area (Å²) in [5.74, 6) is 0. The minimum Gasteiger partial charge on any atom is -0.177 e. The number of alkyl halides is 2. The monoisotopic (exact) mass is 742 g/mol. The topological polar surface area (TPSA) is 34.1 Å². The van der Waals surface area contributed by atoms with E-state index in [0.29, 0.717) is 49.7 Å². The highest BCUT2D eigenvalue weighted by Gasteiger charge is 2.54. The molecule has 0 bridgehead atoms. The molecule has 0 amide bonds. The number of nitrogens with zero attached hydrogens (tertiary/aromatic N) is 1. The molecular weight excluding hydrogens is 716 g/mol. The maximum Gasteiger partial charge on any atom is 0.333 e. The van der Waals surface area contributed by atoms with Crippen LogP contribution in [0, 0.1) is 0 Å². The van der Waals surface area contributed by atoms with E-state index in [1.54, 1.807) is 60.7 Å². The minimum absolute atomic E-state index is 0.164. The molecule has 0 aliphatic carbocycles. The smallest absolute Gasteiger partial charge is 0.177 e. The lowest BCUT2D eigenvalue weighted by Gasteiger charge is -2.46. The first-order chi connectivity index (χ1) is 18.0. The molecule has 0 aliphatic heterocycles. The molecule has 0 spiro atoms. The lowest BCUT2D eigenvalue weighted by Crippen LogP contribution is -2.64. The van der Waals surface area contributed by atoms with Crippen LogP contribution < -0.4 is 3.89 Å². The van der Waals surface area contributed by atoms with Crippen molar-refractivity contribution < 1.29 is 8.42 Å². The number of rotatable bonds is 12. The summed E-state index contributed by atoms with van der Waals surface area (Å²) < 4.78 is 30.2. The second kappa shape index (κ2) is 14.0. The Kier molecular flexibility index (Phi) is 11.9. The Morgan fingerprint density at radius 2 is 1.26 bits per heavy atom. The van der Waals surface area contributed by atoms with Gasteiger partial charge in [-0.2, -0.15) is 12.3 Å². The van der Waals surface area contributed by atoms with Crippen molar-refractivity contribution >= 4 is 94.0 Å². The standard InChI is InChI=1S/C28H30Br2Cl4NO2S/c1-19(7-5-15-29)35(20(2)8-6-16-30,27-18-22(32)12-14-26(27)34)38(36,37)28-10-4-3-9-23(28)24-17-21(31)11-13-25(24)33/h3-4,9-14,17-20H,5-8,15-16H2,1-2H3/q+1/t19-,20-/m1/s1. The Hall–Kier alpha value is -0.310. The van der Waals surface area contributed by atoms with Crippen LogP contribution in [0.15, 0.2) is 65.6 Å². The van der Waals surface area contributed by atoms with Crippen molar-refractivity contribution in [3.05, 3.63) is 80.8 Å². The highest BCUT2D eigenvalue weighted by Crippen LogP contribution is 2.47. The normalized spacial score (nSPS) is 13.9. The van der Waals surface area contributed by atoms with E-state index in [4.69, 9.17) is 46.4 Å². The van der Waals surface area contributed by atoms with Crippen LogP contribution in [0.4, 0.5) is 5.69 Å². The Labute approximate surface area is 263 Å². The van der Waals surface area contributed by atoms with E-state index in [2.05, 4.69) is 31.9 Å². The molecule has 206 valence electrons. The summed E-state index contributed by atoms with van der Waals surface area (Å²) in [5.41, 5.74) is 1.51. The first kappa shape index (κ1) is 32.2. The highest BCUT2D eigenvalue weighted by molar-refractivity contribution is 9.09. The summed E-state index contributed by atoms with van der Waals surface area (Å²) in [6.45, 7) is 3.97. The van der Waals surface area contributed by atoms with Gasteiger partial charge < -0.3 is 0 Å². The van der Waals surface area contributed by atoms with Crippen LogP contribution in [-0.4, -0.2) is 31.2 Å². The van der Waals surface area contributed by atoms with E-state index in [9.17, 15) is 0 Å². The third-order valence-electron chi connectivity index (χ3n) is 6.89. The summed E-state index contributed by atoms with van der Waals surface area (Å²) in [4.78, 5) is 0.164. The molecule has 0 aliphatic rings. The van der Waals surface area contributed by atoms with Crippen LogP contribution in [-0.2, 0) is 10.0 Å². The van der Waals surface area contributed by atoms with Crippen LogP contribution in [0.1, 0.15) is 39.5 Å². The van der Waals surface area contributed by atoms with Crippen molar-refractivity contribution in [3.63, 3.8) is 0 Å². The number of halogens is 6. The van der Waals surface area contributed by atoms with Crippen molar-refractivity contribution in [1.29, 1.82) is 0 Å². The van der Waals surface area contributed by atoms with E-state index in [0.717, 1.165) is 23.5 Å². The van der Waals surface area contributed by atoms with Crippen LogP contribution in [0.3, 0.4) is 0 Å². The molecule has 0 saturated carbocycles. The van der Waals surface area contributed by atoms with Gasteiger partial charge in [0.2, 0.25) is 0 Å². The molecule has 2 atom stereocenters. The molecule has 0 unspecified atom stereocenters. The largest absolute Gasteiger partial charge is 0.333 e. The summed E-state index contributed by atoms with van der Waals surface area (Å²) in [6.07, 6.45) is 2.88. The summed E-state index contributed by atoms with van der Waals surface area (Å²) in [5, 5.41) is 3.17. The third-order valence-corrected chi connectivity index (χ3v) is 11.8. The number of quaternary nitrogens is 1. The first-order valence-electron chi connectivity index (χ1n) is 12.3. The van der Waals surface area contributed by atoms with E-state index in [-0.39, 0.29) is 20.9 Å². The number of hydrogen-bond donors (Lipinski definition) is 0. The van der Waals surface area contributed by atoms with Crippen LogP contribution in [0.2, 0.25) is 20.1 Å². The maximum absolute atomic E-state index is 15.3. The van der Waals surface area contributed by atoms with Gasteiger partial charge in [0.1, 0.15) is 22.0 Å². The summed E-state index contributed by atoms with van der Waals surface area (Å²) in [6, 6.07) is 16.4. The highest BCUT2D eigenvalue weighted by atomic mass is 79.9. The van der Waals surface area contributed by atoms with Crippen molar-refractivity contribution in [3.8, 4) is 11.1 Å². The fourth-order valence-electron chi connectivity index (χ4n) is 5.18. The van der Waals surface area contributed by atoms with E-state index in [1.807, 2.05) is 13.8 Å². The lowest BCUT2D eigenvalue weighted by atomic mass is 10.0. The fourth-order valence-corrected chi connectivity index (χ4v) is 9.29. The van der Waals surface area contributed by atoms with Gasteiger partial charge in [0.05, 0.1) is 0 Å². The van der Waals surface area contributed by atoms with Crippen LogP contribution in [0.5, 0.6) is 0 Å². The molecule has 38 heavy (non-hydrogen) atoms. The van der Waals surface area contributed by atoms with Crippen molar-refractivity contribution in [2.75, 3.05) is 10.7 Å². The average molecular weight is 746 g/mol. The molecule has 0 saturated heterocycles. The molecule has 10 heteroatoms.